The number of hydrogen-bond donors (Lipinski definition) is 1. The lowest BCUT2D eigenvalue weighted by molar-refractivity contribution is -0.142. The van der Waals surface area contributed by atoms with Crippen molar-refractivity contribution in [2.24, 2.45) is 0 Å². The molecule has 1 N–H and O–H groups in total. The van der Waals surface area contributed by atoms with Crippen LogP contribution in [0, 0.1) is 0 Å². The van der Waals surface area contributed by atoms with Gasteiger partial charge in [-0.05, 0) is 30.3 Å². The molecule has 0 saturated carbocycles. The van der Waals surface area contributed by atoms with Crippen LogP contribution in [0.4, 0.5) is 24.5 Å². The Labute approximate surface area is 254 Å². The zero-order chi connectivity index (χ0) is 31.9. The first-order chi connectivity index (χ1) is 21.3. The minimum Gasteiger partial charge on any atom is -0.469 e. The van der Waals surface area contributed by atoms with E-state index in [2.05, 4.69) is 10.1 Å². The highest BCUT2D eigenvalue weighted by Gasteiger charge is 2.30. The van der Waals surface area contributed by atoms with Gasteiger partial charge >= 0.3 is 18.1 Å². The summed E-state index contributed by atoms with van der Waals surface area (Å²) in [5.41, 5.74) is -0.101. The predicted molar refractivity (Wildman–Crippen MR) is 153 cm³/mol. The van der Waals surface area contributed by atoms with Crippen molar-refractivity contribution in [1.82, 2.24) is 0 Å². The van der Waals surface area contributed by atoms with E-state index in [1.165, 1.54) is 25.3 Å². The minimum atomic E-state index is -4.48. The fourth-order valence-corrected chi connectivity index (χ4v) is 3.43. The molecule has 0 amide bonds. The lowest BCUT2D eigenvalue weighted by Gasteiger charge is -2.13. The number of rotatable bonds is 24. The molecule has 0 aliphatic heterocycles. The molecule has 0 unspecified atom stereocenters. The highest BCUT2D eigenvalue weighted by molar-refractivity contribution is 5.96. The van der Waals surface area contributed by atoms with Crippen molar-refractivity contribution < 1.29 is 60.7 Å². The minimum absolute atomic E-state index is 0.00426. The largest absolute Gasteiger partial charge is 0.469 e. The number of methoxy groups -OCH3 is 1. The van der Waals surface area contributed by atoms with Gasteiger partial charge in [-0.1, -0.05) is 18.2 Å². The van der Waals surface area contributed by atoms with Crippen LogP contribution in [0.1, 0.15) is 22.3 Å². The second-order valence-electron chi connectivity index (χ2n) is 8.89. The molecule has 0 atom stereocenters. The number of alkyl halides is 3. The first-order valence-corrected chi connectivity index (χ1v) is 14.0. The van der Waals surface area contributed by atoms with E-state index in [1.54, 1.807) is 18.2 Å². The summed E-state index contributed by atoms with van der Waals surface area (Å²) >= 11 is 0. The first kappa shape index (κ1) is 36.9. The Morgan fingerprint density at radius 1 is 0.659 bits per heavy atom. The molecule has 0 aliphatic carbocycles. The zero-order valence-electron chi connectivity index (χ0n) is 24.7. The van der Waals surface area contributed by atoms with Crippen LogP contribution in [0.25, 0.3) is 0 Å². The number of para-hydroxylation sites is 1. The summed E-state index contributed by atoms with van der Waals surface area (Å²) in [5, 5.41) is 2.85. The number of nitrogens with one attached hydrogen (secondary N) is 1. The highest BCUT2D eigenvalue weighted by atomic mass is 19.4. The van der Waals surface area contributed by atoms with Gasteiger partial charge in [-0.25, -0.2) is 4.79 Å². The number of ether oxygens (including phenoxy) is 8. The SMILES string of the molecule is COC(=O)CCOCCOCCOCCOCCOCCOCCOC(=O)c1ccccc1Nc1cccc(C(F)(F)F)c1. The lowest BCUT2D eigenvalue weighted by Crippen LogP contribution is -2.15. The molecule has 2 rings (SSSR count). The molecular weight excluding hydrogens is 591 g/mol. The maximum absolute atomic E-state index is 13.0. The molecule has 0 radical (unpaired) electrons. The van der Waals surface area contributed by atoms with E-state index < -0.39 is 17.7 Å². The topological polar surface area (TPSA) is 120 Å². The maximum atomic E-state index is 13.0. The van der Waals surface area contributed by atoms with Gasteiger partial charge in [-0.2, -0.15) is 13.2 Å². The summed E-state index contributed by atoms with van der Waals surface area (Å²) in [6.07, 6.45) is -4.26. The number of esters is 2. The molecule has 0 bridgehead atoms. The lowest BCUT2D eigenvalue weighted by atomic mass is 10.1. The Morgan fingerprint density at radius 3 is 1.68 bits per heavy atom. The van der Waals surface area contributed by atoms with E-state index in [1.807, 2.05) is 0 Å². The molecule has 44 heavy (non-hydrogen) atoms. The number of anilines is 2. The molecular formula is C30H40F3NO10. The van der Waals surface area contributed by atoms with Crippen molar-refractivity contribution in [3.05, 3.63) is 59.7 Å². The third kappa shape index (κ3) is 16.5. The molecule has 0 spiro atoms. The third-order valence-electron chi connectivity index (χ3n) is 5.61. The average Bonchev–Trinajstić information content (AvgIpc) is 3.01. The van der Waals surface area contributed by atoms with Gasteiger partial charge in [0.15, 0.2) is 0 Å². The van der Waals surface area contributed by atoms with Crippen molar-refractivity contribution >= 4 is 23.3 Å². The summed E-state index contributed by atoms with van der Waals surface area (Å²) in [5.74, 6) is -0.943. The van der Waals surface area contributed by atoms with Gasteiger partial charge in [-0.15, -0.1) is 0 Å². The molecule has 2 aromatic rings. The van der Waals surface area contributed by atoms with Gasteiger partial charge in [0.05, 0.1) is 110 Å². The van der Waals surface area contributed by atoms with Gasteiger partial charge in [0, 0.05) is 5.69 Å². The van der Waals surface area contributed by atoms with E-state index in [0.29, 0.717) is 78.4 Å². The summed E-state index contributed by atoms with van der Waals surface area (Å²) in [4.78, 5) is 23.4. The Bertz CT molecular complexity index is 1090. The molecule has 14 heteroatoms. The summed E-state index contributed by atoms with van der Waals surface area (Å²) in [6.45, 7) is 4.36. The number of hydrogen-bond acceptors (Lipinski definition) is 11. The standard InChI is InChI=1S/C30H40F3NO10/c1-37-28(35)9-10-38-11-12-39-13-14-40-15-16-41-17-18-42-19-20-43-21-22-44-29(36)26-7-2-3-8-27(26)34-25-6-4-5-24(23-25)30(31,32)33/h2-8,23,34H,9-22H2,1H3. The smallest absolute Gasteiger partial charge is 0.416 e. The Kier molecular flexibility index (Phi) is 18.7. The average molecular weight is 632 g/mol. The summed E-state index contributed by atoms with van der Waals surface area (Å²) in [7, 11) is 1.33. The molecule has 2 aromatic carbocycles. The van der Waals surface area contributed by atoms with Crippen molar-refractivity contribution in [2.75, 3.05) is 98.3 Å². The van der Waals surface area contributed by atoms with E-state index >= 15 is 0 Å². The van der Waals surface area contributed by atoms with Gasteiger partial charge in [0.2, 0.25) is 0 Å². The summed E-state index contributed by atoms with van der Waals surface area (Å²) < 4.78 is 81.0. The summed E-state index contributed by atoms with van der Waals surface area (Å²) in [6, 6.07) is 11.1. The van der Waals surface area contributed by atoms with Gasteiger partial charge in [0.1, 0.15) is 6.61 Å². The monoisotopic (exact) mass is 631 g/mol. The predicted octanol–water partition coefficient (Wildman–Crippen LogP) is 4.27. The molecule has 0 fully saturated rings. The number of carbonyl (C=O) groups excluding carboxylic acids is 2. The molecule has 0 saturated heterocycles. The fraction of sp³-hybridized carbons (Fsp3) is 0.533. The van der Waals surface area contributed by atoms with Crippen LogP contribution in [0.5, 0.6) is 0 Å². The molecule has 0 aromatic heterocycles. The molecule has 0 heterocycles. The Morgan fingerprint density at radius 2 is 1.16 bits per heavy atom. The number of halogens is 3. The van der Waals surface area contributed by atoms with Crippen molar-refractivity contribution in [3.8, 4) is 0 Å². The van der Waals surface area contributed by atoms with Crippen LogP contribution < -0.4 is 5.32 Å². The van der Waals surface area contributed by atoms with Crippen LogP contribution in [0.3, 0.4) is 0 Å². The second kappa shape index (κ2) is 22.3. The second-order valence-corrected chi connectivity index (χ2v) is 8.89. The van der Waals surface area contributed by atoms with Crippen molar-refractivity contribution in [1.29, 1.82) is 0 Å². The van der Waals surface area contributed by atoms with Crippen LogP contribution >= 0.6 is 0 Å². The van der Waals surface area contributed by atoms with Crippen LogP contribution in [0.15, 0.2) is 48.5 Å². The zero-order valence-corrected chi connectivity index (χ0v) is 24.7. The molecule has 246 valence electrons. The van der Waals surface area contributed by atoms with Crippen LogP contribution in [0.2, 0.25) is 0 Å². The van der Waals surface area contributed by atoms with Crippen LogP contribution in [-0.4, -0.2) is 105 Å². The number of benzene rings is 2. The van der Waals surface area contributed by atoms with E-state index in [-0.39, 0.29) is 36.9 Å². The molecule has 0 aliphatic rings. The first-order valence-electron chi connectivity index (χ1n) is 14.0. The Hall–Kier alpha value is -3.27. The molecule has 11 nitrogen and oxygen atoms in total. The van der Waals surface area contributed by atoms with E-state index in [4.69, 9.17) is 33.2 Å². The van der Waals surface area contributed by atoms with E-state index in [9.17, 15) is 22.8 Å². The Balaban J connectivity index is 1.42. The van der Waals surface area contributed by atoms with Gasteiger partial charge in [0.25, 0.3) is 0 Å². The third-order valence-corrected chi connectivity index (χ3v) is 5.61. The van der Waals surface area contributed by atoms with Crippen molar-refractivity contribution in [3.63, 3.8) is 0 Å². The highest BCUT2D eigenvalue weighted by Crippen LogP contribution is 2.32. The van der Waals surface area contributed by atoms with Gasteiger partial charge < -0.3 is 43.2 Å². The van der Waals surface area contributed by atoms with Crippen molar-refractivity contribution in [2.45, 2.75) is 12.6 Å². The number of carbonyl (C=O) groups is 2. The van der Waals surface area contributed by atoms with E-state index in [0.717, 1.165) is 12.1 Å². The quantitative estimate of drug-likeness (QED) is 0.132. The normalized spacial score (nSPS) is 11.4. The fourth-order valence-electron chi connectivity index (χ4n) is 3.43. The van der Waals surface area contributed by atoms with Gasteiger partial charge in [-0.3, -0.25) is 4.79 Å². The maximum Gasteiger partial charge on any atom is 0.416 e. The van der Waals surface area contributed by atoms with Crippen LogP contribution in [-0.2, 0) is 48.9 Å².